The molecule has 3 aliphatic heterocycles. The molecule has 17 atom stereocenters. The summed E-state index contributed by atoms with van der Waals surface area (Å²) in [7, 11) is 0. The van der Waals surface area contributed by atoms with Gasteiger partial charge in [-0.05, 0) is 89.9 Å². The average molecular weight is 1400 g/mol. The van der Waals surface area contributed by atoms with Gasteiger partial charge in [0.05, 0.1) is 38.6 Å². The first kappa shape index (κ1) is 89.9. The normalized spacial score (nSPS) is 27.1. The SMILES string of the molecule is CC/C=C\C/C=C\C/C=C\C/C=C\C/C=C\CCCCCCCCCCCCCCCCCCCCCCCC(=O)NC(COC1OC(CO)C(OC2OC(CO)C(OC3OC(CO)C(O)C(O)C3O)C(O)C2O)C(O)C1O)C(O)/C=C/CC/C=C/CC/C=C/CCCCCCCCC. The molecule has 3 rings (SSSR count). The zero-order valence-corrected chi connectivity index (χ0v) is 60.9. The van der Waals surface area contributed by atoms with Crippen LogP contribution in [-0.4, -0.2) is 193 Å². The van der Waals surface area contributed by atoms with E-state index in [-0.39, 0.29) is 18.9 Å². The number of aliphatic hydroxyl groups is 11. The van der Waals surface area contributed by atoms with Crippen LogP contribution < -0.4 is 5.32 Å². The van der Waals surface area contributed by atoms with Crippen molar-refractivity contribution in [1.29, 1.82) is 0 Å². The molecular formula is C80H139NO18. The van der Waals surface area contributed by atoms with Gasteiger partial charge >= 0.3 is 0 Å². The predicted molar refractivity (Wildman–Crippen MR) is 392 cm³/mol. The van der Waals surface area contributed by atoms with Gasteiger partial charge in [-0.2, -0.15) is 0 Å². The molecule has 0 aliphatic carbocycles. The summed E-state index contributed by atoms with van der Waals surface area (Å²) in [5.41, 5.74) is 0. The zero-order chi connectivity index (χ0) is 71.8. The van der Waals surface area contributed by atoms with E-state index < -0.39 is 124 Å². The molecule has 19 heteroatoms. The van der Waals surface area contributed by atoms with Gasteiger partial charge < -0.3 is 89.9 Å². The first-order valence-electron chi connectivity index (χ1n) is 39.0. The van der Waals surface area contributed by atoms with Crippen LogP contribution >= 0.6 is 0 Å². The topological polar surface area (TPSA) is 307 Å². The number of unbranched alkanes of at least 4 members (excludes halogenated alkanes) is 30. The van der Waals surface area contributed by atoms with Crippen LogP contribution in [0.2, 0.25) is 0 Å². The van der Waals surface area contributed by atoms with Crippen molar-refractivity contribution in [2.75, 3.05) is 26.4 Å². The van der Waals surface area contributed by atoms with Crippen LogP contribution in [0.15, 0.2) is 97.2 Å². The molecule has 0 saturated carbocycles. The summed E-state index contributed by atoms with van der Waals surface area (Å²) in [4.78, 5) is 13.4. The summed E-state index contributed by atoms with van der Waals surface area (Å²) in [5.74, 6) is -0.289. The Balaban J connectivity index is 1.34. The Morgan fingerprint density at radius 2 is 0.707 bits per heavy atom. The number of hydrogen-bond acceptors (Lipinski definition) is 18. The molecule has 572 valence electrons. The van der Waals surface area contributed by atoms with Crippen molar-refractivity contribution in [3.63, 3.8) is 0 Å². The van der Waals surface area contributed by atoms with Gasteiger partial charge in [0.2, 0.25) is 5.91 Å². The van der Waals surface area contributed by atoms with E-state index in [0.717, 1.165) is 77.0 Å². The largest absolute Gasteiger partial charge is 0.394 e. The molecular weight excluding hydrogens is 1260 g/mol. The maximum atomic E-state index is 13.4. The summed E-state index contributed by atoms with van der Waals surface area (Å²) in [5, 5.41) is 121. The Morgan fingerprint density at radius 1 is 0.374 bits per heavy atom. The molecule has 12 N–H and O–H groups in total. The van der Waals surface area contributed by atoms with Crippen molar-refractivity contribution in [3.8, 4) is 0 Å². The second kappa shape index (κ2) is 60.0. The van der Waals surface area contributed by atoms with Gasteiger partial charge in [0.25, 0.3) is 0 Å². The molecule has 3 fully saturated rings. The highest BCUT2D eigenvalue weighted by Gasteiger charge is 2.53. The molecule has 17 unspecified atom stereocenters. The van der Waals surface area contributed by atoms with Crippen molar-refractivity contribution in [3.05, 3.63) is 97.2 Å². The second-order valence-electron chi connectivity index (χ2n) is 27.4. The van der Waals surface area contributed by atoms with Crippen LogP contribution in [0.1, 0.15) is 271 Å². The Hall–Kier alpha value is -3.29. The van der Waals surface area contributed by atoms with Crippen LogP contribution in [0.5, 0.6) is 0 Å². The lowest BCUT2D eigenvalue weighted by Crippen LogP contribution is -2.66. The highest BCUT2D eigenvalue weighted by molar-refractivity contribution is 5.76. The summed E-state index contributed by atoms with van der Waals surface area (Å²) in [6, 6.07) is -1.000. The van der Waals surface area contributed by atoms with Crippen molar-refractivity contribution >= 4 is 5.91 Å². The Morgan fingerprint density at radius 3 is 1.13 bits per heavy atom. The number of allylic oxidation sites excluding steroid dienone is 15. The zero-order valence-electron chi connectivity index (χ0n) is 60.9. The van der Waals surface area contributed by atoms with E-state index in [0.29, 0.717) is 12.8 Å². The fraction of sp³-hybridized carbons (Fsp3) is 0.787. The van der Waals surface area contributed by atoms with Crippen molar-refractivity contribution in [2.45, 2.75) is 375 Å². The Labute approximate surface area is 596 Å². The van der Waals surface area contributed by atoms with Crippen LogP contribution in [0.25, 0.3) is 0 Å². The minimum Gasteiger partial charge on any atom is -0.394 e. The van der Waals surface area contributed by atoms with Crippen LogP contribution in [0.4, 0.5) is 0 Å². The highest BCUT2D eigenvalue weighted by atomic mass is 16.8. The maximum absolute atomic E-state index is 13.4. The smallest absolute Gasteiger partial charge is 0.220 e. The molecule has 0 aromatic heterocycles. The van der Waals surface area contributed by atoms with Gasteiger partial charge in [0.15, 0.2) is 18.9 Å². The fourth-order valence-corrected chi connectivity index (χ4v) is 12.6. The highest BCUT2D eigenvalue weighted by Crippen LogP contribution is 2.33. The van der Waals surface area contributed by atoms with Crippen molar-refractivity contribution < 1.29 is 89.4 Å². The number of aliphatic hydroxyl groups excluding tert-OH is 11. The summed E-state index contributed by atoms with van der Waals surface area (Å²) in [6.07, 6.45) is 54.1. The lowest BCUT2D eigenvalue weighted by Gasteiger charge is -2.48. The fourth-order valence-electron chi connectivity index (χ4n) is 12.6. The Bertz CT molecular complexity index is 2170. The third kappa shape index (κ3) is 40.5. The van der Waals surface area contributed by atoms with Gasteiger partial charge in [0.1, 0.15) is 73.2 Å². The van der Waals surface area contributed by atoms with Crippen LogP contribution in [-0.2, 0) is 33.2 Å². The lowest BCUT2D eigenvalue weighted by molar-refractivity contribution is -0.379. The molecule has 0 spiro atoms. The van der Waals surface area contributed by atoms with Gasteiger partial charge in [-0.1, -0.05) is 272 Å². The average Bonchev–Trinajstić information content (AvgIpc) is 0.786. The summed E-state index contributed by atoms with van der Waals surface area (Å²) < 4.78 is 34.4. The maximum Gasteiger partial charge on any atom is 0.220 e. The van der Waals surface area contributed by atoms with Crippen LogP contribution in [0, 0.1) is 0 Å². The van der Waals surface area contributed by atoms with E-state index in [1.54, 1.807) is 6.08 Å². The monoisotopic (exact) mass is 1400 g/mol. The molecule has 0 radical (unpaired) electrons. The number of amides is 1. The molecule has 99 heavy (non-hydrogen) atoms. The third-order valence-corrected chi connectivity index (χ3v) is 18.8. The minimum atomic E-state index is -1.99. The second-order valence-corrected chi connectivity index (χ2v) is 27.4. The standard InChI is InChI=1S/C80H139NO18/c1-3-5-7-9-11-13-15-17-19-21-22-23-24-25-26-27-28-29-30-31-32-33-34-35-36-37-38-39-40-42-44-46-48-50-52-54-56-58-68(86)81-63(64(85)57-55-53-51-49-47-45-43-41-20-18-16-14-12-10-8-6-4-2)62-94-78-74(92)71(89)76(66(60-83)96-78)99-80-75(93)72(90)77(67(61-84)97-80)98-79-73(91)70(88)69(87)65(59-82)95-79/h5,7,11,13,17,19-20,22-23,25-26,41,47,49,55,57,63-67,69-80,82-85,87-93H,3-4,6,8-10,12,14-16,18,21,24,27-40,42-46,48,50-54,56,58-62H2,1-2H3,(H,81,86)/b7-5-,13-11-,19-17-,23-22-,26-25-,41-20+,49-47+,57-55+. The van der Waals surface area contributed by atoms with Crippen molar-refractivity contribution in [1.82, 2.24) is 5.32 Å². The molecule has 0 aromatic carbocycles. The number of ether oxygens (including phenoxy) is 6. The summed E-state index contributed by atoms with van der Waals surface area (Å²) in [6.45, 7) is 1.59. The lowest BCUT2D eigenvalue weighted by atomic mass is 9.96. The summed E-state index contributed by atoms with van der Waals surface area (Å²) >= 11 is 0. The number of nitrogens with one attached hydrogen (secondary N) is 1. The van der Waals surface area contributed by atoms with E-state index in [1.165, 1.54) is 161 Å². The van der Waals surface area contributed by atoms with Gasteiger partial charge in [-0.15, -0.1) is 0 Å². The predicted octanol–water partition coefficient (Wildman–Crippen LogP) is 12.4. The van der Waals surface area contributed by atoms with Gasteiger partial charge in [0, 0.05) is 6.42 Å². The van der Waals surface area contributed by atoms with E-state index >= 15 is 0 Å². The molecule has 19 nitrogen and oxygen atoms in total. The molecule has 0 bridgehead atoms. The third-order valence-electron chi connectivity index (χ3n) is 18.8. The minimum absolute atomic E-state index is 0.231. The molecule has 3 saturated heterocycles. The van der Waals surface area contributed by atoms with Crippen molar-refractivity contribution in [2.24, 2.45) is 0 Å². The van der Waals surface area contributed by atoms with Crippen LogP contribution in [0.3, 0.4) is 0 Å². The van der Waals surface area contributed by atoms with E-state index in [1.807, 2.05) is 6.08 Å². The number of hydrogen-bond donors (Lipinski definition) is 12. The molecule has 3 aliphatic rings. The Kier molecular flexibility index (Phi) is 54.5. The van der Waals surface area contributed by atoms with E-state index in [9.17, 15) is 61.0 Å². The molecule has 0 aromatic rings. The number of carbonyl (C=O) groups excluding carboxylic acids is 1. The van der Waals surface area contributed by atoms with Gasteiger partial charge in [-0.25, -0.2) is 0 Å². The number of rotatable bonds is 60. The first-order chi connectivity index (χ1) is 48.3. The molecule has 3 heterocycles. The van der Waals surface area contributed by atoms with Gasteiger partial charge in [-0.3, -0.25) is 4.79 Å². The quantitative estimate of drug-likeness (QED) is 0.0199. The molecule has 1 amide bonds. The van der Waals surface area contributed by atoms with E-state index in [2.05, 4.69) is 104 Å². The van der Waals surface area contributed by atoms with E-state index in [4.69, 9.17) is 28.4 Å². The first-order valence-corrected chi connectivity index (χ1v) is 39.0. The number of carbonyl (C=O) groups is 1.